The van der Waals surface area contributed by atoms with Crippen LogP contribution in [0, 0.1) is 5.41 Å². The van der Waals surface area contributed by atoms with E-state index in [1.54, 1.807) is 24.3 Å². The van der Waals surface area contributed by atoms with Gasteiger partial charge in [-0.3, -0.25) is 5.41 Å². The number of nitrogens with two attached hydrogens (primary N) is 2. The van der Waals surface area contributed by atoms with E-state index in [0.29, 0.717) is 28.5 Å². The third-order valence-corrected chi connectivity index (χ3v) is 2.22. The molecule has 0 unspecified atom stereocenters. The minimum Gasteiger partial charge on any atom is -0.397 e. The summed E-state index contributed by atoms with van der Waals surface area (Å²) in [6, 6.07) is 7.36. The number of rotatable bonds is 1. The molecule has 0 spiro atoms. The van der Waals surface area contributed by atoms with Crippen LogP contribution < -0.4 is 11.5 Å². The van der Waals surface area contributed by atoms with E-state index in [4.69, 9.17) is 16.9 Å². The van der Waals surface area contributed by atoms with Crippen LogP contribution in [-0.2, 0) is 0 Å². The monoisotopic (exact) mass is 212 g/mol. The van der Waals surface area contributed by atoms with Crippen molar-refractivity contribution in [3.63, 3.8) is 0 Å². The first-order valence-corrected chi connectivity index (χ1v) is 4.84. The maximum atomic E-state index is 7.45. The summed E-state index contributed by atoms with van der Waals surface area (Å²) in [4.78, 5) is 4.35. The van der Waals surface area contributed by atoms with Crippen molar-refractivity contribution < 1.29 is 0 Å². The topological polar surface area (TPSA) is 88.2 Å². The van der Waals surface area contributed by atoms with Gasteiger partial charge in [0, 0.05) is 0 Å². The fourth-order valence-electron chi connectivity index (χ4n) is 1.35. The SMILES string of the molecule is N=C1C=CC(=Nc2ccccc2N)C=C1N. The first-order chi connectivity index (χ1) is 7.66. The molecule has 1 aliphatic carbocycles. The van der Waals surface area contributed by atoms with Crippen molar-refractivity contribution in [3.05, 3.63) is 48.2 Å². The maximum absolute atomic E-state index is 7.45. The zero-order valence-electron chi connectivity index (χ0n) is 8.64. The maximum Gasteiger partial charge on any atom is 0.0866 e. The Bertz CT molecular complexity index is 524. The molecular formula is C12H12N4. The normalized spacial score (nSPS) is 17.6. The van der Waals surface area contributed by atoms with Crippen LogP contribution in [0.2, 0.25) is 0 Å². The predicted octanol–water partition coefficient (Wildman–Crippen LogP) is 1.77. The highest BCUT2D eigenvalue weighted by molar-refractivity contribution is 6.20. The van der Waals surface area contributed by atoms with Gasteiger partial charge in [0.15, 0.2) is 0 Å². The first kappa shape index (κ1) is 10.2. The van der Waals surface area contributed by atoms with Gasteiger partial charge in [0.1, 0.15) is 0 Å². The van der Waals surface area contributed by atoms with Crippen LogP contribution >= 0.6 is 0 Å². The van der Waals surface area contributed by atoms with Gasteiger partial charge in [0.05, 0.1) is 28.5 Å². The summed E-state index contributed by atoms with van der Waals surface area (Å²) < 4.78 is 0. The van der Waals surface area contributed by atoms with Gasteiger partial charge in [0.25, 0.3) is 0 Å². The second-order valence-electron chi connectivity index (χ2n) is 3.44. The third-order valence-electron chi connectivity index (χ3n) is 2.22. The van der Waals surface area contributed by atoms with Crippen molar-refractivity contribution in [2.24, 2.45) is 10.7 Å². The lowest BCUT2D eigenvalue weighted by atomic mass is 10.1. The summed E-state index contributed by atoms with van der Waals surface area (Å²) in [6.45, 7) is 0. The molecule has 16 heavy (non-hydrogen) atoms. The number of allylic oxidation sites excluding steroid dienone is 3. The second kappa shape index (κ2) is 4.02. The summed E-state index contributed by atoms with van der Waals surface area (Å²) in [5.74, 6) is 0. The molecule has 0 bridgehead atoms. The number of nitrogen functional groups attached to an aromatic ring is 1. The summed E-state index contributed by atoms with van der Waals surface area (Å²) in [5, 5.41) is 7.45. The molecule has 0 saturated carbocycles. The smallest absolute Gasteiger partial charge is 0.0866 e. The van der Waals surface area contributed by atoms with Crippen molar-refractivity contribution in [1.29, 1.82) is 5.41 Å². The van der Waals surface area contributed by atoms with E-state index < -0.39 is 0 Å². The molecule has 4 heteroatoms. The Hall–Kier alpha value is -2.36. The van der Waals surface area contributed by atoms with Crippen molar-refractivity contribution in [2.45, 2.75) is 0 Å². The predicted molar refractivity (Wildman–Crippen MR) is 67.1 cm³/mol. The summed E-state index contributed by atoms with van der Waals surface area (Å²) >= 11 is 0. The van der Waals surface area contributed by atoms with Gasteiger partial charge in [0.2, 0.25) is 0 Å². The number of hydrogen-bond acceptors (Lipinski definition) is 4. The number of nitrogens with zero attached hydrogens (tertiary/aromatic N) is 1. The van der Waals surface area contributed by atoms with Gasteiger partial charge in [-0.1, -0.05) is 12.1 Å². The Balaban J connectivity index is 2.37. The first-order valence-electron chi connectivity index (χ1n) is 4.84. The highest BCUT2D eigenvalue weighted by Crippen LogP contribution is 2.21. The van der Waals surface area contributed by atoms with Crippen LogP contribution in [0.1, 0.15) is 0 Å². The molecule has 0 amide bonds. The van der Waals surface area contributed by atoms with Crippen molar-refractivity contribution in [2.75, 3.05) is 5.73 Å². The average Bonchev–Trinajstić information content (AvgIpc) is 2.27. The van der Waals surface area contributed by atoms with Gasteiger partial charge < -0.3 is 11.5 Å². The molecule has 5 N–H and O–H groups in total. The lowest BCUT2D eigenvalue weighted by Crippen LogP contribution is -2.13. The molecule has 1 aliphatic rings. The Morgan fingerprint density at radius 3 is 2.50 bits per heavy atom. The molecule has 2 rings (SSSR count). The molecule has 0 aromatic heterocycles. The number of nitrogens with one attached hydrogen (secondary N) is 1. The quantitative estimate of drug-likeness (QED) is 0.489. The van der Waals surface area contributed by atoms with Gasteiger partial charge in [-0.15, -0.1) is 0 Å². The van der Waals surface area contributed by atoms with Gasteiger partial charge in [-0.25, -0.2) is 4.99 Å². The van der Waals surface area contributed by atoms with Crippen LogP contribution in [-0.4, -0.2) is 11.4 Å². The van der Waals surface area contributed by atoms with Gasteiger partial charge >= 0.3 is 0 Å². The average molecular weight is 212 g/mol. The Kier molecular flexibility index (Phi) is 2.55. The zero-order valence-corrected chi connectivity index (χ0v) is 8.64. The fourth-order valence-corrected chi connectivity index (χ4v) is 1.35. The second-order valence-corrected chi connectivity index (χ2v) is 3.44. The minimum atomic E-state index is 0.306. The molecule has 0 fully saturated rings. The molecule has 0 aliphatic heterocycles. The standard InChI is InChI=1S/C12H12N4/c13-9-6-5-8(7-11(9)15)16-12-4-2-1-3-10(12)14/h1-7,13H,14-15H2. The minimum absolute atomic E-state index is 0.306. The van der Waals surface area contributed by atoms with Crippen LogP contribution in [0.5, 0.6) is 0 Å². The summed E-state index contributed by atoms with van der Waals surface area (Å²) in [7, 11) is 0. The van der Waals surface area contributed by atoms with Gasteiger partial charge in [-0.05, 0) is 30.4 Å². The number of aliphatic imine (C=N–C) groups is 1. The van der Waals surface area contributed by atoms with Crippen molar-refractivity contribution in [1.82, 2.24) is 0 Å². The number of anilines is 1. The van der Waals surface area contributed by atoms with Crippen LogP contribution in [0.3, 0.4) is 0 Å². The van der Waals surface area contributed by atoms with Crippen LogP contribution in [0.4, 0.5) is 11.4 Å². The van der Waals surface area contributed by atoms with E-state index in [0.717, 1.165) is 0 Å². The molecule has 1 aromatic rings. The summed E-state index contributed by atoms with van der Waals surface area (Å²) in [5.41, 5.74) is 14.2. The Morgan fingerprint density at radius 2 is 1.81 bits per heavy atom. The molecule has 0 saturated heterocycles. The zero-order chi connectivity index (χ0) is 11.5. The lowest BCUT2D eigenvalue weighted by Gasteiger charge is -2.06. The van der Waals surface area contributed by atoms with E-state index >= 15 is 0 Å². The van der Waals surface area contributed by atoms with Gasteiger partial charge in [-0.2, -0.15) is 0 Å². The number of para-hydroxylation sites is 2. The Labute approximate surface area is 93.5 Å². The Morgan fingerprint density at radius 1 is 1.06 bits per heavy atom. The largest absolute Gasteiger partial charge is 0.397 e. The molecule has 4 nitrogen and oxygen atoms in total. The third kappa shape index (κ3) is 2.00. The molecule has 1 aromatic carbocycles. The van der Waals surface area contributed by atoms with E-state index in [2.05, 4.69) is 4.99 Å². The van der Waals surface area contributed by atoms with Crippen LogP contribution in [0.25, 0.3) is 0 Å². The lowest BCUT2D eigenvalue weighted by molar-refractivity contribution is 1.40. The van der Waals surface area contributed by atoms with E-state index in [1.165, 1.54) is 0 Å². The van der Waals surface area contributed by atoms with E-state index in [9.17, 15) is 0 Å². The number of hydrogen-bond donors (Lipinski definition) is 3. The molecular weight excluding hydrogens is 200 g/mol. The molecule has 0 heterocycles. The van der Waals surface area contributed by atoms with Crippen molar-refractivity contribution >= 4 is 22.8 Å². The van der Waals surface area contributed by atoms with E-state index in [-0.39, 0.29) is 0 Å². The fraction of sp³-hybridized carbons (Fsp3) is 0. The molecule has 0 radical (unpaired) electrons. The highest BCUT2D eigenvalue weighted by Gasteiger charge is 2.05. The molecule has 0 atom stereocenters. The summed E-state index contributed by atoms with van der Waals surface area (Å²) in [6.07, 6.45) is 5.02. The van der Waals surface area contributed by atoms with E-state index in [1.807, 2.05) is 18.2 Å². The van der Waals surface area contributed by atoms with Crippen molar-refractivity contribution in [3.8, 4) is 0 Å². The molecule has 80 valence electrons. The van der Waals surface area contributed by atoms with Crippen LogP contribution in [0.15, 0.2) is 53.2 Å². The highest BCUT2D eigenvalue weighted by atomic mass is 14.8. The number of benzene rings is 1.